The number of rotatable bonds is 8. The van der Waals surface area contributed by atoms with Gasteiger partial charge in [0.05, 0.1) is 25.7 Å². The lowest BCUT2D eigenvalue weighted by molar-refractivity contribution is 0.116. The van der Waals surface area contributed by atoms with Gasteiger partial charge in [0.15, 0.2) is 0 Å². The smallest absolute Gasteiger partial charge is 0.376 e. The van der Waals surface area contributed by atoms with E-state index in [1.54, 1.807) is 0 Å². The first-order chi connectivity index (χ1) is 7.16. The molecule has 0 heterocycles. The molecular weight excluding hydrogens is 214 g/mol. The van der Waals surface area contributed by atoms with Crippen molar-refractivity contribution < 1.29 is 18.0 Å². The van der Waals surface area contributed by atoms with Gasteiger partial charge in [-0.3, -0.25) is 0 Å². The van der Waals surface area contributed by atoms with Crippen LogP contribution in [0, 0.1) is 11.3 Å². The van der Waals surface area contributed by atoms with Gasteiger partial charge in [-0.25, -0.2) is 0 Å². The molecular formula is C9H17NO4Si. The molecule has 6 heteroatoms. The maximum absolute atomic E-state index is 8.31. The van der Waals surface area contributed by atoms with Crippen molar-refractivity contribution >= 4 is 8.80 Å². The lowest BCUT2D eigenvalue weighted by atomic mass is 10.5. The Morgan fingerprint density at radius 2 is 1.80 bits per heavy atom. The van der Waals surface area contributed by atoms with Crippen molar-refractivity contribution in [1.82, 2.24) is 0 Å². The molecule has 0 unspecified atom stereocenters. The molecule has 0 aliphatic carbocycles. The molecule has 5 nitrogen and oxygen atoms in total. The van der Waals surface area contributed by atoms with Gasteiger partial charge in [-0.15, -0.1) is 0 Å². The van der Waals surface area contributed by atoms with Crippen molar-refractivity contribution in [3.05, 3.63) is 11.8 Å². The molecule has 15 heavy (non-hydrogen) atoms. The number of ether oxygens (including phenoxy) is 1. The van der Waals surface area contributed by atoms with Crippen molar-refractivity contribution in [1.29, 1.82) is 5.26 Å². The van der Waals surface area contributed by atoms with Crippen LogP contribution in [-0.4, -0.2) is 43.3 Å². The summed E-state index contributed by atoms with van der Waals surface area (Å²) < 4.78 is 20.8. The van der Waals surface area contributed by atoms with Gasteiger partial charge in [0.25, 0.3) is 0 Å². The van der Waals surface area contributed by atoms with Crippen LogP contribution in [0.25, 0.3) is 0 Å². The molecule has 0 aromatic carbocycles. The monoisotopic (exact) mass is 231 g/mol. The van der Waals surface area contributed by atoms with Crippen molar-refractivity contribution in [2.75, 3.05) is 34.5 Å². The average Bonchev–Trinajstić information content (AvgIpc) is 2.28. The summed E-state index contributed by atoms with van der Waals surface area (Å²) in [6, 6.07) is 1.99. The molecule has 0 aromatic rings. The summed E-state index contributed by atoms with van der Waals surface area (Å²) >= 11 is 0. The van der Waals surface area contributed by atoms with Gasteiger partial charge in [0.1, 0.15) is 0 Å². The lowest BCUT2D eigenvalue weighted by Crippen LogP contribution is -2.46. The van der Waals surface area contributed by atoms with E-state index in [9.17, 15) is 0 Å². The molecule has 86 valence electrons. The molecule has 0 rings (SSSR count). The van der Waals surface area contributed by atoms with E-state index in [0.29, 0.717) is 18.2 Å². The highest BCUT2D eigenvalue weighted by molar-refractivity contribution is 6.68. The highest BCUT2D eigenvalue weighted by Gasteiger charge is 2.41. The minimum absolute atomic E-state index is 0.281. The van der Waals surface area contributed by atoms with Crippen LogP contribution in [0.3, 0.4) is 0 Å². The topological polar surface area (TPSA) is 60.7 Å². The van der Waals surface area contributed by atoms with Crippen LogP contribution in [-0.2, 0) is 18.0 Å². The van der Waals surface area contributed by atoms with Crippen LogP contribution in [0.15, 0.2) is 11.8 Å². The van der Waals surface area contributed by atoms with Crippen molar-refractivity contribution in [3.8, 4) is 6.07 Å². The first-order valence-corrected chi connectivity index (χ1v) is 6.17. The molecule has 0 atom stereocenters. The van der Waals surface area contributed by atoms with Crippen LogP contribution in [0.2, 0.25) is 0 Å². The quantitative estimate of drug-likeness (QED) is 0.458. The molecule has 0 fully saturated rings. The highest BCUT2D eigenvalue weighted by Crippen LogP contribution is 2.16. The maximum atomic E-state index is 8.31. The Bertz CT molecular complexity index is 226. The molecule has 0 bridgehead atoms. The van der Waals surface area contributed by atoms with Crippen LogP contribution in [0.5, 0.6) is 0 Å². The zero-order valence-electron chi connectivity index (χ0n) is 9.41. The number of hydrogen-bond acceptors (Lipinski definition) is 5. The van der Waals surface area contributed by atoms with Crippen molar-refractivity contribution in [2.45, 2.75) is 6.42 Å². The van der Waals surface area contributed by atoms with Crippen LogP contribution >= 0.6 is 0 Å². The molecule has 0 saturated heterocycles. The van der Waals surface area contributed by atoms with Crippen LogP contribution < -0.4 is 0 Å². The first-order valence-electron chi connectivity index (χ1n) is 4.45. The van der Waals surface area contributed by atoms with Crippen LogP contribution in [0.1, 0.15) is 6.42 Å². The third-order valence-electron chi connectivity index (χ3n) is 1.87. The molecule has 0 radical (unpaired) electrons. The fourth-order valence-corrected chi connectivity index (χ4v) is 2.73. The van der Waals surface area contributed by atoms with E-state index in [1.807, 2.05) is 6.07 Å². The standard InChI is InChI=1S/C9H17NO4Si/c1-9(8-14-7-5-6-10)15(11-2,12-3)13-4/h1,5,7-8H2,2-4H3. The third kappa shape index (κ3) is 4.11. The average molecular weight is 231 g/mol. The van der Waals surface area contributed by atoms with E-state index in [1.165, 1.54) is 21.3 Å². The fraction of sp³-hybridized carbons (Fsp3) is 0.667. The Morgan fingerprint density at radius 1 is 1.27 bits per heavy atom. The molecule has 0 N–H and O–H groups in total. The predicted molar refractivity (Wildman–Crippen MR) is 57.0 cm³/mol. The number of nitrogens with zero attached hydrogens (tertiary/aromatic N) is 1. The second-order valence-corrected chi connectivity index (χ2v) is 5.78. The van der Waals surface area contributed by atoms with E-state index < -0.39 is 8.80 Å². The first kappa shape index (κ1) is 14.3. The summed E-state index contributed by atoms with van der Waals surface area (Å²) in [5, 5.41) is 8.96. The van der Waals surface area contributed by atoms with Crippen molar-refractivity contribution in [3.63, 3.8) is 0 Å². The lowest BCUT2D eigenvalue weighted by Gasteiger charge is -2.25. The fourth-order valence-electron chi connectivity index (χ4n) is 1.08. The minimum atomic E-state index is -2.78. The van der Waals surface area contributed by atoms with Crippen LogP contribution in [0.4, 0.5) is 0 Å². The van der Waals surface area contributed by atoms with Gasteiger partial charge in [-0.2, -0.15) is 5.26 Å². The predicted octanol–water partition coefficient (Wildman–Crippen LogP) is 0.890. The molecule has 0 aliphatic heterocycles. The molecule has 0 saturated carbocycles. The summed E-state index contributed by atoms with van der Waals surface area (Å²) in [5.74, 6) is 0. The van der Waals surface area contributed by atoms with E-state index in [0.717, 1.165) is 0 Å². The summed E-state index contributed by atoms with van der Waals surface area (Å²) in [5.41, 5.74) is 0. The third-order valence-corrected chi connectivity index (χ3v) is 4.50. The Balaban J connectivity index is 4.10. The molecule has 0 spiro atoms. The largest absolute Gasteiger partial charge is 0.533 e. The van der Waals surface area contributed by atoms with Gasteiger partial charge < -0.3 is 18.0 Å². The normalized spacial score (nSPS) is 11.1. The SMILES string of the molecule is C=C(COCCC#N)[Si](OC)(OC)OC. The van der Waals surface area contributed by atoms with Gasteiger partial charge in [-0.05, 0) is 0 Å². The number of hydrogen-bond donors (Lipinski definition) is 0. The van der Waals surface area contributed by atoms with Gasteiger partial charge >= 0.3 is 8.80 Å². The van der Waals surface area contributed by atoms with E-state index in [4.69, 9.17) is 23.3 Å². The highest BCUT2D eigenvalue weighted by atomic mass is 28.4. The Hall–Kier alpha value is -0.713. The maximum Gasteiger partial charge on any atom is 0.533 e. The van der Waals surface area contributed by atoms with Gasteiger partial charge in [-0.1, -0.05) is 6.58 Å². The zero-order chi connectivity index (χ0) is 11.7. The molecule has 0 aliphatic rings. The Kier molecular flexibility index (Phi) is 7.20. The summed E-state index contributed by atoms with van der Waals surface area (Å²) in [6.07, 6.45) is 0.356. The second-order valence-electron chi connectivity index (χ2n) is 2.73. The summed E-state index contributed by atoms with van der Waals surface area (Å²) in [6.45, 7) is 4.47. The number of nitriles is 1. The molecule has 0 amide bonds. The Morgan fingerprint density at radius 3 is 2.20 bits per heavy atom. The summed E-state index contributed by atoms with van der Waals surface area (Å²) in [4.78, 5) is 0. The van der Waals surface area contributed by atoms with E-state index in [2.05, 4.69) is 6.58 Å². The van der Waals surface area contributed by atoms with Gasteiger partial charge in [0, 0.05) is 26.5 Å². The minimum Gasteiger partial charge on any atom is -0.376 e. The van der Waals surface area contributed by atoms with E-state index in [-0.39, 0.29) is 6.61 Å². The second kappa shape index (κ2) is 7.56. The van der Waals surface area contributed by atoms with Crippen molar-refractivity contribution in [2.24, 2.45) is 0 Å². The molecule has 0 aromatic heterocycles. The Labute approximate surface area is 91.6 Å². The van der Waals surface area contributed by atoms with E-state index >= 15 is 0 Å². The summed E-state index contributed by atoms with van der Waals surface area (Å²) in [7, 11) is 1.76. The zero-order valence-corrected chi connectivity index (χ0v) is 10.4. The van der Waals surface area contributed by atoms with Gasteiger partial charge in [0.2, 0.25) is 0 Å².